The molecule has 0 spiro atoms. The van der Waals surface area contributed by atoms with E-state index in [0.29, 0.717) is 0 Å². The molecule has 2 heteroatoms. The fraction of sp³-hybridized carbons (Fsp3) is 0.462. The van der Waals surface area contributed by atoms with Crippen molar-refractivity contribution in [3.8, 4) is 6.07 Å². The van der Waals surface area contributed by atoms with Crippen LogP contribution in [0.25, 0.3) is 0 Å². The Morgan fingerprint density at radius 1 is 1.47 bits per heavy atom. The summed E-state index contributed by atoms with van der Waals surface area (Å²) in [6.07, 6.45) is 3.69. The lowest BCUT2D eigenvalue weighted by Crippen LogP contribution is -2.30. The zero-order chi connectivity index (χ0) is 10.5. The van der Waals surface area contributed by atoms with Crippen molar-refractivity contribution in [3.05, 3.63) is 35.4 Å². The van der Waals surface area contributed by atoms with Gasteiger partial charge in [-0.25, -0.2) is 0 Å². The second kappa shape index (κ2) is 4.95. The van der Waals surface area contributed by atoms with Crippen molar-refractivity contribution in [2.75, 3.05) is 13.1 Å². The second-order valence-electron chi connectivity index (χ2n) is 4.23. The fourth-order valence-corrected chi connectivity index (χ4v) is 2.20. The molecule has 1 aliphatic heterocycles. The van der Waals surface area contributed by atoms with Gasteiger partial charge >= 0.3 is 0 Å². The molecule has 2 nitrogen and oxygen atoms in total. The van der Waals surface area contributed by atoms with E-state index in [2.05, 4.69) is 17.5 Å². The maximum absolute atomic E-state index is 8.81. The fourth-order valence-electron chi connectivity index (χ4n) is 2.20. The Kier molecular flexibility index (Phi) is 3.37. The summed E-state index contributed by atoms with van der Waals surface area (Å²) in [6, 6.07) is 10.2. The third-order valence-electron chi connectivity index (χ3n) is 2.98. The Bertz CT molecular complexity index is 359. The zero-order valence-corrected chi connectivity index (χ0v) is 8.87. The summed E-state index contributed by atoms with van der Waals surface area (Å²) in [5.41, 5.74) is 2.07. The Balaban J connectivity index is 2.00. The lowest BCUT2D eigenvalue weighted by molar-refractivity contribution is 0.376. The van der Waals surface area contributed by atoms with Gasteiger partial charge in [0, 0.05) is 0 Å². The summed E-state index contributed by atoms with van der Waals surface area (Å²) in [7, 11) is 0. The average molecular weight is 200 g/mol. The van der Waals surface area contributed by atoms with Gasteiger partial charge in [0.25, 0.3) is 0 Å². The molecule has 1 aliphatic rings. The van der Waals surface area contributed by atoms with Gasteiger partial charge in [-0.1, -0.05) is 12.1 Å². The Hall–Kier alpha value is -1.33. The molecule has 0 saturated carbocycles. The maximum Gasteiger partial charge on any atom is 0.0991 e. The van der Waals surface area contributed by atoms with Crippen LogP contribution in [0.2, 0.25) is 0 Å². The monoisotopic (exact) mass is 200 g/mol. The molecule has 1 unspecified atom stereocenters. The number of hydrogen-bond acceptors (Lipinski definition) is 2. The molecule has 0 bridgehead atoms. The number of nitrogens with zero attached hydrogens (tertiary/aromatic N) is 1. The molecule has 0 aromatic heterocycles. The van der Waals surface area contributed by atoms with Crippen LogP contribution < -0.4 is 5.32 Å². The van der Waals surface area contributed by atoms with Crippen molar-refractivity contribution in [3.63, 3.8) is 0 Å². The molecule has 1 fully saturated rings. The van der Waals surface area contributed by atoms with Gasteiger partial charge < -0.3 is 5.32 Å². The van der Waals surface area contributed by atoms with Crippen LogP contribution in [-0.4, -0.2) is 13.1 Å². The summed E-state index contributed by atoms with van der Waals surface area (Å²) in [6.45, 7) is 2.28. The number of hydrogen-bond donors (Lipinski definition) is 1. The van der Waals surface area contributed by atoms with E-state index in [4.69, 9.17) is 5.26 Å². The number of piperidine rings is 1. The lowest BCUT2D eigenvalue weighted by Gasteiger charge is -2.22. The van der Waals surface area contributed by atoms with Crippen LogP contribution >= 0.6 is 0 Å². The highest BCUT2D eigenvalue weighted by Gasteiger charge is 2.13. The highest BCUT2D eigenvalue weighted by molar-refractivity contribution is 5.32. The van der Waals surface area contributed by atoms with Crippen LogP contribution in [0.1, 0.15) is 24.0 Å². The highest BCUT2D eigenvalue weighted by atomic mass is 14.9. The van der Waals surface area contributed by atoms with E-state index >= 15 is 0 Å². The van der Waals surface area contributed by atoms with Crippen LogP contribution in [0.4, 0.5) is 0 Å². The van der Waals surface area contributed by atoms with Gasteiger partial charge in [-0.05, 0) is 56.0 Å². The largest absolute Gasteiger partial charge is 0.316 e. The SMILES string of the molecule is N#Cc1cccc(CC2CCCNC2)c1. The molecule has 1 saturated heterocycles. The zero-order valence-electron chi connectivity index (χ0n) is 8.87. The molecule has 1 heterocycles. The van der Waals surface area contributed by atoms with Crippen LogP contribution in [0, 0.1) is 17.2 Å². The first kappa shape index (κ1) is 10.2. The molecule has 2 rings (SSSR count). The van der Waals surface area contributed by atoms with Crippen LogP contribution in [-0.2, 0) is 6.42 Å². The number of nitriles is 1. The third kappa shape index (κ3) is 2.81. The molecule has 0 aliphatic carbocycles. The molecule has 1 N–H and O–H groups in total. The molecule has 0 amide bonds. The van der Waals surface area contributed by atoms with E-state index in [1.807, 2.05) is 18.2 Å². The van der Waals surface area contributed by atoms with Crippen molar-refractivity contribution in [2.45, 2.75) is 19.3 Å². The average Bonchev–Trinajstić information content (AvgIpc) is 2.31. The summed E-state index contributed by atoms with van der Waals surface area (Å²) < 4.78 is 0. The van der Waals surface area contributed by atoms with Gasteiger partial charge in [-0.2, -0.15) is 5.26 Å². The van der Waals surface area contributed by atoms with Crippen molar-refractivity contribution in [2.24, 2.45) is 5.92 Å². The molecule has 1 aromatic rings. The van der Waals surface area contributed by atoms with E-state index in [9.17, 15) is 0 Å². The first-order valence-electron chi connectivity index (χ1n) is 5.58. The molecule has 1 aromatic carbocycles. The number of benzene rings is 1. The smallest absolute Gasteiger partial charge is 0.0991 e. The van der Waals surface area contributed by atoms with Crippen molar-refractivity contribution in [1.82, 2.24) is 5.32 Å². The van der Waals surface area contributed by atoms with Crippen LogP contribution in [0.15, 0.2) is 24.3 Å². The molecular weight excluding hydrogens is 184 g/mol. The van der Waals surface area contributed by atoms with Crippen molar-refractivity contribution >= 4 is 0 Å². The van der Waals surface area contributed by atoms with E-state index in [1.165, 1.54) is 18.4 Å². The minimum atomic E-state index is 0.743. The number of nitrogens with one attached hydrogen (secondary N) is 1. The molecular formula is C13H16N2. The van der Waals surface area contributed by atoms with Gasteiger partial charge in [0.2, 0.25) is 0 Å². The predicted octanol–water partition coefficient (Wildman–Crippen LogP) is 2.10. The minimum Gasteiger partial charge on any atom is -0.316 e. The summed E-state index contributed by atoms with van der Waals surface area (Å²) in [5, 5.41) is 12.2. The first-order chi connectivity index (χ1) is 7.38. The molecule has 15 heavy (non-hydrogen) atoms. The minimum absolute atomic E-state index is 0.743. The Morgan fingerprint density at radius 3 is 3.13 bits per heavy atom. The van der Waals surface area contributed by atoms with Gasteiger partial charge in [-0.15, -0.1) is 0 Å². The third-order valence-corrected chi connectivity index (χ3v) is 2.98. The van der Waals surface area contributed by atoms with E-state index in [1.54, 1.807) is 0 Å². The second-order valence-corrected chi connectivity index (χ2v) is 4.23. The Labute approximate surface area is 90.9 Å². The van der Waals surface area contributed by atoms with Gasteiger partial charge in [0.15, 0.2) is 0 Å². The molecule has 1 atom stereocenters. The van der Waals surface area contributed by atoms with Crippen LogP contribution in [0.3, 0.4) is 0 Å². The van der Waals surface area contributed by atoms with E-state index in [0.717, 1.165) is 31.0 Å². The van der Waals surface area contributed by atoms with E-state index < -0.39 is 0 Å². The predicted molar refractivity (Wildman–Crippen MR) is 60.5 cm³/mol. The Morgan fingerprint density at radius 2 is 2.40 bits per heavy atom. The number of rotatable bonds is 2. The summed E-state index contributed by atoms with van der Waals surface area (Å²) >= 11 is 0. The van der Waals surface area contributed by atoms with Crippen molar-refractivity contribution in [1.29, 1.82) is 5.26 Å². The highest BCUT2D eigenvalue weighted by Crippen LogP contribution is 2.16. The quantitative estimate of drug-likeness (QED) is 0.793. The summed E-state index contributed by atoms with van der Waals surface area (Å²) in [5.74, 6) is 0.743. The summed E-state index contributed by atoms with van der Waals surface area (Å²) in [4.78, 5) is 0. The standard InChI is InChI=1S/C13H16N2/c14-9-12-4-1-3-11(7-12)8-13-5-2-6-15-10-13/h1,3-4,7,13,15H,2,5-6,8,10H2. The lowest BCUT2D eigenvalue weighted by atomic mass is 9.92. The molecule has 78 valence electrons. The van der Waals surface area contributed by atoms with Crippen molar-refractivity contribution < 1.29 is 0 Å². The normalized spacial score (nSPS) is 20.9. The maximum atomic E-state index is 8.81. The van der Waals surface area contributed by atoms with Gasteiger partial charge in [-0.3, -0.25) is 0 Å². The topological polar surface area (TPSA) is 35.8 Å². The van der Waals surface area contributed by atoms with Gasteiger partial charge in [0.1, 0.15) is 0 Å². The molecule has 0 radical (unpaired) electrons. The van der Waals surface area contributed by atoms with E-state index in [-0.39, 0.29) is 0 Å². The van der Waals surface area contributed by atoms with Crippen LogP contribution in [0.5, 0.6) is 0 Å². The van der Waals surface area contributed by atoms with Gasteiger partial charge in [0.05, 0.1) is 11.6 Å². The first-order valence-corrected chi connectivity index (χ1v) is 5.58.